The summed E-state index contributed by atoms with van der Waals surface area (Å²) in [5, 5.41) is 3.27. The third-order valence-electron chi connectivity index (χ3n) is 5.66. The number of aryl methyl sites for hydroxylation is 1. The maximum absolute atomic E-state index is 12.9. The Morgan fingerprint density at radius 1 is 1.18 bits per heavy atom. The number of benzene rings is 2. The standard InChI is InChI=1S/C24H23N3O6/c1-14(23(29)25-15-6-9-19-20(12-15)32-13-31-19)33-22(28)11-10-21-26-18-5-3-2-4-17(18)24(30)27(21)16-7-8-16/h2-6,9,12,14,16H,7-8,10-11,13H2,1H3,(H,25,29)/t14-/m1/s1. The lowest BCUT2D eigenvalue weighted by atomic mass is 10.2. The molecule has 1 aliphatic carbocycles. The molecular formula is C24H23N3O6. The van der Waals surface area contributed by atoms with E-state index in [2.05, 4.69) is 10.3 Å². The Bertz CT molecular complexity index is 1300. The van der Waals surface area contributed by atoms with E-state index in [1.165, 1.54) is 6.92 Å². The first kappa shape index (κ1) is 21.0. The Kier molecular flexibility index (Phi) is 5.45. The number of anilines is 1. The van der Waals surface area contributed by atoms with E-state index < -0.39 is 18.0 Å². The van der Waals surface area contributed by atoms with Gasteiger partial charge in [-0.1, -0.05) is 12.1 Å². The van der Waals surface area contributed by atoms with E-state index in [4.69, 9.17) is 14.2 Å². The van der Waals surface area contributed by atoms with Gasteiger partial charge in [-0.05, 0) is 44.0 Å². The monoisotopic (exact) mass is 449 g/mol. The number of rotatable bonds is 7. The highest BCUT2D eigenvalue weighted by atomic mass is 16.7. The molecule has 9 heteroatoms. The maximum Gasteiger partial charge on any atom is 0.307 e. The second-order valence-electron chi connectivity index (χ2n) is 8.14. The molecule has 1 aliphatic heterocycles. The molecule has 3 aromatic rings. The molecule has 1 N–H and O–H groups in total. The number of carbonyl (C=O) groups is 2. The van der Waals surface area contributed by atoms with Gasteiger partial charge in [0.15, 0.2) is 17.6 Å². The number of carbonyl (C=O) groups excluding carboxylic acids is 2. The van der Waals surface area contributed by atoms with Crippen molar-refractivity contribution in [1.82, 2.24) is 9.55 Å². The van der Waals surface area contributed by atoms with Crippen molar-refractivity contribution in [2.45, 2.75) is 44.8 Å². The Morgan fingerprint density at radius 3 is 2.79 bits per heavy atom. The number of fused-ring (bicyclic) bond motifs is 2. The van der Waals surface area contributed by atoms with Gasteiger partial charge in [0.25, 0.3) is 11.5 Å². The maximum atomic E-state index is 12.9. The van der Waals surface area contributed by atoms with Crippen LogP contribution in [0.4, 0.5) is 5.69 Å². The Morgan fingerprint density at radius 2 is 1.97 bits per heavy atom. The fourth-order valence-corrected chi connectivity index (χ4v) is 3.82. The van der Waals surface area contributed by atoms with Crippen LogP contribution in [0.2, 0.25) is 0 Å². The second kappa shape index (κ2) is 8.57. The summed E-state index contributed by atoms with van der Waals surface area (Å²) < 4.78 is 17.6. The fourth-order valence-electron chi connectivity index (χ4n) is 3.82. The van der Waals surface area contributed by atoms with Crippen LogP contribution in [-0.4, -0.2) is 34.3 Å². The van der Waals surface area contributed by atoms with Crippen molar-refractivity contribution in [3.63, 3.8) is 0 Å². The number of nitrogens with zero attached hydrogens (tertiary/aromatic N) is 2. The molecular weight excluding hydrogens is 426 g/mol. The topological polar surface area (TPSA) is 109 Å². The molecule has 2 aromatic carbocycles. The smallest absolute Gasteiger partial charge is 0.307 e. The summed E-state index contributed by atoms with van der Waals surface area (Å²) in [7, 11) is 0. The number of amides is 1. The van der Waals surface area contributed by atoms with E-state index in [9.17, 15) is 14.4 Å². The summed E-state index contributed by atoms with van der Waals surface area (Å²) in [4.78, 5) is 42.4. The van der Waals surface area contributed by atoms with E-state index in [0.29, 0.717) is 33.9 Å². The van der Waals surface area contributed by atoms with Crippen LogP contribution in [0, 0.1) is 0 Å². The van der Waals surface area contributed by atoms with Crippen LogP contribution in [0.5, 0.6) is 11.5 Å². The van der Waals surface area contributed by atoms with Crippen LogP contribution in [0.1, 0.15) is 38.1 Å². The van der Waals surface area contributed by atoms with Crippen molar-refractivity contribution in [1.29, 1.82) is 0 Å². The minimum Gasteiger partial charge on any atom is -0.454 e. The van der Waals surface area contributed by atoms with Crippen LogP contribution in [0.3, 0.4) is 0 Å². The highest BCUT2D eigenvalue weighted by Crippen LogP contribution is 2.35. The van der Waals surface area contributed by atoms with Crippen LogP contribution in [-0.2, 0) is 20.7 Å². The molecule has 0 spiro atoms. The first-order chi connectivity index (χ1) is 16.0. The van der Waals surface area contributed by atoms with E-state index in [0.717, 1.165) is 12.8 Å². The van der Waals surface area contributed by atoms with Gasteiger partial charge in [0.1, 0.15) is 5.82 Å². The van der Waals surface area contributed by atoms with E-state index in [1.807, 2.05) is 12.1 Å². The first-order valence-corrected chi connectivity index (χ1v) is 10.9. The fraction of sp³-hybridized carbons (Fsp3) is 0.333. The lowest BCUT2D eigenvalue weighted by Crippen LogP contribution is -2.30. The van der Waals surface area contributed by atoms with Gasteiger partial charge in [-0.3, -0.25) is 19.0 Å². The quantitative estimate of drug-likeness (QED) is 0.553. The van der Waals surface area contributed by atoms with Gasteiger partial charge in [0, 0.05) is 24.2 Å². The zero-order valence-corrected chi connectivity index (χ0v) is 18.1. The zero-order chi connectivity index (χ0) is 22.9. The Labute approximate surface area is 189 Å². The van der Waals surface area contributed by atoms with Crippen LogP contribution in [0.15, 0.2) is 47.3 Å². The average Bonchev–Trinajstić information content (AvgIpc) is 3.53. The van der Waals surface area contributed by atoms with Gasteiger partial charge in [0.05, 0.1) is 17.3 Å². The van der Waals surface area contributed by atoms with Crippen LogP contribution in [0.25, 0.3) is 10.9 Å². The molecule has 0 radical (unpaired) electrons. The number of nitrogens with one attached hydrogen (secondary N) is 1. The number of hydrogen-bond donors (Lipinski definition) is 1. The van der Waals surface area contributed by atoms with E-state index in [-0.39, 0.29) is 31.2 Å². The molecule has 1 saturated carbocycles. The predicted octanol–water partition coefficient (Wildman–Crippen LogP) is 2.96. The number of esters is 1. The van der Waals surface area contributed by atoms with Crippen LogP contribution < -0.4 is 20.3 Å². The first-order valence-electron chi connectivity index (χ1n) is 10.9. The minimum absolute atomic E-state index is 0.0130. The molecule has 170 valence electrons. The second-order valence-corrected chi connectivity index (χ2v) is 8.14. The summed E-state index contributed by atoms with van der Waals surface area (Å²) in [6.07, 6.45) is 1.13. The van der Waals surface area contributed by atoms with Crippen molar-refractivity contribution in [2.24, 2.45) is 0 Å². The van der Waals surface area contributed by atoms with Gasteiger partial charge in [-0.25, -0.2) is 4.98 Å². The molecule has 1 fully saturated rings. The van der Waals surface area contributed by atoms with Gasteiger partial charge in [0.2, 0.25) is 6.79 Å². The number of ether oxygens (including phenoxy) is 3. The lowest BCUT2D eigenvalue weighted by Gasteiger charge is -2.15. The molecule has 9 nitrogen and oxygen atoms in total. The van der Waals surface area contributed by atoms with Crippen molar-refractivity contribution >= 4 is 28.5 Å². The number of para-hydroxylation sites is 1. The van der Waals surface area contributed by atoms with Gasteiger partial charge in [-0.2, -0.15) is 0 Å². The number of aromatic nitrogens is 2. The minimum atomic E-state index is -0.988. The third kappa shape index (κ3) is 4.39. The highest BCUT2D eigenvalue weighted by molar-refractivity contribution is 5.95. The van der Waals surface area contributed by atoms with Gasteiger partial charge in [-0.15, -0.1) is 0 Å². The third-order valence-corrected chi connectivity index (χ3v) is 5.66. The molecule has 1 atom stereocenters. The number of hydrogen-bond acceptors (Lipinski definition) is 7. The summed E-state index contributed by atoms with van der Waals surface area (Å²) in [6, 6.07) is 12.4. The van der Waals surface area contributed by atoms with Gasteiger partial charge < -0.3 is 19.5 Å². The molecule has 0 saturated heterocycles. The van der Waals surface area contributed by atoms with E-state index in [1.54, 1.807) is 34.9 Å². The molecule has 0 bridgehead atoms. The zero-order valence-electron chi connectivity index (χ0n) is 18.1. The Balaban J connectivity index is 1.22. The van der Waals surface area contributed by atoms with E-state index >= 15 is 0 Å². The molecule has 1 aromatic heterocycles. The SMILES string of the molecule is C[C@@H](OC(=O)CCc1nc2ccccc2c(=O)n1C1CC1)C(=O)Nc1ccc2c(c1)OCO2. The molecule has 33 heavy (non-hydrogen) atoms. The molecule has 0 unspecified atom stereocenters. The summed E-state index contributed by atoms with van der Waals surface area (Å²) in [5.74, 6) is 0.728. The van der Waals surface area contributed by atoms with Crippen molar-refractivity contribution in [2.75, 3.05) is 12.1 Å². The predicted molar refractivity (Wildman–Crippen MR) is 119 cm³/mol. The lowest BCUT2D eigenvalue weighted by molar-refractivity contribution is -0.153. The van der Waals surface area contributed by atoms with Crippen molar-refractivity contribution in [3.8, 4) is 11.5 Å². The molecule has 2 aliphatic rings. The van der Waals surface area contributed by atoms with Gasteiger partial charge >= 0.3 is 5.97 Å². The van der Waals surface area contributed by atoms with Crippen LogP contribution >= 0.6 is 0 Å². The summed E-state index contributed by atoms with van der Waals surface area (Å²) >= 11 is 0. The molecule has 2 heterocycles. The largest absolute Gasteiger partial charge is 0.454 e. The molecule has 5 rings (SSSR count). The molecule has 1 amide bonds. The summed E-state index contributed by atoms with van der Waals surface area (Å²) in [6.45, 7) is 1.65. The van der Waals surface area contributed by atoms with Crippen molar-refractivity contribution in [3.05, 3.63) is 58.6 Å². The average molecular weight is 449 g/mol. The highest BCUT2D eigenvalue weighted by Gasteiger charge is 2.28. The normalized spacial score (nSPS) is 15.3. The summed E-state index contributed by atoms with van der Waals surface area (Å²) in [5.41, 5.74) is 1.04. The Hall–Kier alpha value is -3.88. The van der Waals surface area contributed by atoms with Crippen molar-refractivity contribution < 1.29 is 23.8 Å².